The average molecular weight is 432 g/mol. The number of allylic oxidation sites excluding steroid dienone is 2. The Bertz CT molecular complexity index is 1130. The maximum absolute atomic E-state index is 11.9. The van der Waals surface area contributed by atoms with E-state index in [1.807, 2.05) is 0 Å². The van der Waals surface area contributed by atoms with Crippen LogP contribution in [0.5, 0.6) is 0 Å². The zero-order valence-electron chi connectivity index (χ0n) is 13.6. The molecule has 0 fully saturated rings. The van der Waals surface area contributed by atoms with Crippen LogP contribution in [0.25, 0.3) is 6.08 Å². The van der Waals surface area contributed by atoms with Crippen LogP contribution in [0.2, 0.25) is 0 Å². The lowest BCUT2D eigenvalue weighted by atomic mass is 9.93. The molecule has 0 bridgehead atoms. The van der Waals surface area contributed by atoms with E-state index in [4.69, 9.17) is 0 Å². The first-order valence-electron chi connectivity index (χ1n) is 7.23. The van der Waals surface area contributed by atoms with Crippen LogP contribution in [0.15, 0.2) is 53.5 Å². The molecule has 0 saturated heterocycles. The molecule has 1 aliphatic rings. The molecule has 2 unspecified atom stereocenters. The number of para-hydroxylation sites is 1. The molecule has 14 heteroatoms. The number of hydrogen-bond donors (Lipinski definition) is 2. The van der Waals surface area contributed by atoms with E-state index in [9.17, 15) is 46.2 Å². The van der Waals surface area contributed by atoms with Crippen molar-refractivity contribution in [3.8, 4) is 0 Å². The zero-order valence-corrected chi connectivity index (χ0v) is 15.3. The first-order chi connectivity index (χ1) is 12.8. The molecule has 12 nitrogen and oxygen atoms in total. The minimum atomic E-state index is -5.74. The molecular weight excluding hydrogens is 420 g/mol. The number of nitrogens with zero attached hydrogens (tertiary/aromatic N) is 2. The van der Waals surface area contributed by atoms with Crippen molar-refractivity contribution in [2.45, 2.75) is 4.87 Å². The Morgan fingerprint density at radius 1 is 1.07 bits per heavy atom. The van der Waals surface area contributed by atoms with E-state index in [-0.39, 0.29) is 5.56 Å². The van der Waals surface area contributed by atoms with Crippen LogP contribution in [-0.2, 0) is 20.2 Å². The summed E-state index contributed by atoms with van der Waals surface area (Å²) >= 11 is 0. The van der Waals surface area contributed by atoms with Gasteiger partial charge in [-0.05, 0) is 12.1 Å². The van der Waals surface area contributed by atoms with Crippen molar-refractivity contribution in [3.63, 3.8) is 0 Å². The maximum atomic E-state index is 11.9. The summed E-state index contributed by atoms with van der Waals surface area (Å²) in [7, 11) is -11.2. The van der Waals surface area contributed by atoms with Crippen LogP contribution in [-0.4, -0.2) is 40.7 Å². The Morgan fingerprint density at radius 2 is 1.68 bits per heavy atom. The van der Waals surface area contributed by atoms with E-state index >= 15 is 0 Å². The highest BCUT2D eigenvalue weighted by Gasteiger charge is 2.67. The normalized spacial score (nSPS) is 22.8. The summed E-state index contributed by atoms with van der Waals surface area (Å²) in [5, 5.41) is 22.7. The van der Waals surface area contributed by atoms with Gasteiger partial charge in [-0.3, -0.25) is 29.3 Å². The molecule has 0 radical (unpaired) electrons. The number of nitro benzene ring substituents is 1. The van der Waals surface area contributed by atoms with E-state index in [0.29, 0.717) is 6.08 Å². The fourth-order valence-electron chi connectivity index (χ4n) is 2.75. The number of benzene rings is 1. The third kappa shape index (κ3) is 3.57. The molecular formula is C14H12N2O10S2. The average Bonchev–Trinajstić information content (AvgIpc) is 2.57. The van der Waals surface area contributed by atoms with Crippen molar-refractivity contribution < 1.29 is 35.8 Å². The number of nitro groups is 2. The predicted octanol–water partition coefficient (Wildman–Crippen LogP) is 1.43. The fraction of sp³-hybridized carbons (Fsp3) is 0.143. The van der Waals surface area contributed by atoms with Gasteiger partial charge in [-0.25, -0.2) is 0 Å². The summed E-state index contributed by atoms with van der Waals surface area (Å²) in [5.74, 6) is -1.92. The monoisotopic (exact) mass is 432 g/mol. The fourth-order valence-corrected chi connectivity index (χ4v) is 5.22. The minimum absolute atomic E-state index is 0.0588. The van der Waals surface area contributed by atoms with Crippen LogP contribution < -0.4 is 0 Å². The highest BCUT2D eigenvalue weighted by Crippen LogP contribution is 2.42. The molecule has 0 aromatic heterocycles. The molecule has 1 aromatic rings. The molecule has 0 aliphatic heterocycles. The first kappa shape index (κ1) is 21.4. The first-order valence-corrected chi connectivity index (χ1v) is 10.1. The van der Waals surface area contributed by atoms with E-state index in [1.54, 1.807) is 0 Å². The molecule has 2 N–H and O–H groups in total. The molecule has 28 heavy (non-hydrogen) atoms. The molecule has 150 valence electrons. The number of rotatable bonds is 6. The van der Waals surface area contributed by atoms with Gasteiger partial charge in [0.05, 0.1) is 21.3 Å². The van der Waals surface area contributed by atoms with E-state index < -0.39 is 51.5 Å². The topological polar surface area (TPSA) is 195 Å². The van der Waals surface area contributed by atoms with E-state index in [1.165, 1.54) is 18.2 Å². The van der Waals surface area contributed by atoms with Crippen LogP contribution in [0.4, 0.5) is 5.69 Å². The van der Waals surface area contributed by atoms with Crippen LogP contribution in [0.3, 0.4) is 0 Å². The molecule has 1 aliphatic carbocycles. The Balaban J connectivity index is 2.73. The van der Waals surface area contributed by atoms with Crippen molar-refractivity contribution >= 4 is 32.0 Å². The van der Waals surface area contributed by atoms with Crippen LogP contribution >= 0.6 is 0 Å². The molecule has 0 heterocycles. The molecule has 0 spiro atoms. The summed E-state index contributed by atoms with van der Waals surface area (Å²) in [4.78, 5) is 15.2. The van der Waals surface area contributed by atoms with Gasteiger partial charge in [-0.1, -0.05) is 36.4 Å². The van der Waals surface area contributed by atoms with Gasteiger partial charge in [0.2, 0.25) is 0 Å². The summed E-state index contributed by atoms with van der Waals surface area (Å²) in [6, 6.07) is 5.16. The summed E-state index contributed by atoms with van der Waals surface area (Å²) in [6.45, 7) is 0. The van der Waals surface area contributed by atoms with Gasteiger partial charge in [-0.2, -0.15) is 16.8 Å². The van der Waals surface area contributed by atoms with Gasteiger partial charge in [-0.15, -0.1) is 0 Å². The lowest BCUT2D eigenvalue weighted by molar-refractivity contribution is -0.534. The Kier molecular flexibility index (Phi) is 5.52. The van der Waals surface area contributed by atoms with Gasteiger partial charge in [0.15, 0.2) is 4.91 Å². The quantitative estimate of drug-likeness (QED) is 0.377. The molecule has 0 amide bonds. The minimum Gasteiger partial charge on any atom is -0.282 e. The zero-order chi connectivity index (χ0) is 21.3. The van der Waals surface area contributed by atoms with Gasteiger partial charge in [0, 0.05) is 6.07 Å². The van der Waals surface area contributed by atoms with Crippen LogP contribution in [0, 0.1) is 26.1 Å². The second kappa shape index (κ2) is 7.23. The highest BCUT2D eigenvalue weighted by molar-refractivity contribution is 7.93. The lowest BCUT2D eigenvalue weighted by Gasteiger charge is -2.29. The molecule has 1 aromatic carbocycles. The van der Waals surface area contributed by atoms with Gasteiger partial charge >= 0.3 is 15.0 Å². The summed E-state index contributed by atoms with van der Waals surface area (Å²) < 4.78 is 65.8. The van der Waals surface area contributed by atoms with E-state index in [2.05, 4.69) is 0 Å². The van der Waals surface area contributed by atoms with E-state index in [0.717, 1.165) is 30.4 Å². The smallest absolute Gasteiger partial charge is 0.282 e. The highest BCUT2D eigenvalue weighted by atomic mass is 32.2. The molecule has 0 saturated carbocycles. The largest absolute Gasteiger partial charge is 0.390 e. The second-order valence-corrected chi connectivity index (χ2v) is 8.48. The van der Waals surface area contributed by atoms with Crippen LogP contribution in [0.1, 0.15) is 5.56 Å². The Hall–Kier alpha value is -2.94. The van der Waals surface area contributed by atoms with Gasteiger partial charge in [0.1, 0.15) is 0 Å². The van der Waals surface area contributed by atoms with Gasteiger partial charge in [0.25, 0.3) is 15.8 Å². The second-order valence-electron chi connectivity index (χ2n) is 5.52. The lowest BCUT2D eigenvalue weighted by Crippen LogP contribution is -2.55. The summed E-state index contributed by atoms with van der Waals surface area (Å²) in [6.07, 6.45) is 4.10. The SMILES string of the molecule is O=[N+]([O-])c1ccccc1C=CC1C=CC=C(S(=O)(=O)O)C1([N+](=O)[O-])S(=O)(=O)O. The molecule has 2 rings (SSSR count). The van der Waals surface area contributed by atoms with Crippen molar-refractivity contribution in [1.82, 2.24) is 0 Å². The summed E-state index contributed by atoms with van der Waals surface area (Å²) in [5.41, 5.74) is -0.459. The standard InChI is InChI=1S/C14H12N2O10S2/c17-15(18)12-6-2-1-4-10(12)8-9-11-5-3-7-13(27(21,22)23)14(11,16(19)20)28(24,25)26/h1-9,11H,(H,21,22,23)(H,24,25,26). The van der Waals surface area contributed by atoms with Gasteiger partial charge < -0.3 is 0 Å². The Morgan fingerprint density at radius 3 is 2.18 bits per heavy atom. The maximum Gasteiger partial charge on any atom is 0.390 e. The molecule has 2 atom stereocenters. The Labute approximate surface area is 158 Å². The van der Waals surface area contributed by atoms with Crippen molar-refractivity contribution in [2.24, 2.45) is 5.92 Å². The third-order valence-electron chi connectivity index (χ3n) is 3.93. The third-order valence-corrected chi connectivity index (χ3v) is 6.49. The predicted molar refractivity (Wildman–Crippen MR) is 95.7 cm³/mol. The van der Waals surface area contributed by atoms with Crippen molar-refractivity contribution in [3.05, 3.63) is 79.3 Å². The van der Waals surface area contributed by atoms with Crippen molar-refractivity contribution in [1.29, 1.82) is 0 Å². The van der Waals surface area contributed by atoms with Crippen molar-refractivity contribution in [2.75, 3.05) is 0 Å². The number of hydrogen-bond acceptors (Lipinski definition) is 8.